The van der Waals surface area contributed by atoms with Crippen molar-refractivity contribution in [2.24, 2.45) is 29.6 Å². The van der Waals surface area contributed by atoms with Gasteiger partial charge in [0.05, 0.1) is 17.2 Å². The Kier molecular flexibility index (Phi) is 15.0. The molecular formula is C35H44F3NO2. The standard InChI is InChI=1S/C27H28F3NO2.2C2H6.2C2H2/c1-16-25-23(22-8-3-2-5-18(22)14-24(25)26(32)33-16)12-11-21-10-9-19(15-31-21)17-6-4-7-20(13-17)27(28,29)30;4*1-2/h4,6-7,9-13,15-16,18,22-25H,2-3,5,8,14H2,1H3;2*1-2H3;2*1-2H/b12-11+;;;;/t16-,18+,22?,23+,24-,25+;;;;/m1..../s1. The minimum atomic E-state index is -4.37. The summed E-state index contributed by atoms with van der Waals surface area (Å²) in [5.41, 5.74) is 1.23. The molecule has 0 amide bonds. The van der Waals surface area contributed by atoms with Crippen molar-refractivity contribution < 1.29 is 22.7 Å². The molecule has 6 heteroatoms. The minimum Gasteiger partial charge on any atom is -0.462 e. The van der Waals surface area contributed by atoms with Crippen LogP contribution in [0.25, 0.3) is 17.2 Å². The first-order valence-electron chi connectivity index (χ1n) is 14.5. The van der Waals surface area contributed by atoms with Gasteiger partial charge < -0.3 is 4.74 Å². The number of fused-ring (bicyclic) bond motifs is 2. The smallest absolute Gasteiger partial charge is 0.416 e. The maximum atomic E-state index is 13.0. The number of hydrogen-bond donors (Lipinski definition) is 0. The highest BCUT2D eigenvalue weighted by molar-refractivity contribution is 5.75. The highest BCUT2D eigenvalue weighted by Crippen LogP contribution is 2.53. The molecule has 0 N–H and O–H groups in total. The molecule has 1 aromatic heterocycles. The van der Waals surface area contributed by atoms with Gasteiger partial charge in [-0.3, -0.25) is 9.78 Å². The van der Waals surface area contributed by atoms with Crippen LogP contribution in [0.2, 0.25) is 0 Å². The van der Waals surface area contributed by atoms with E-state index in [0.717, 1.165) is 24.2 Å². The van der Waals surface area contributed by atoms with E-state index in [4.69, 9.17) is 4.74 Å². The molecule has 2 aliphatic carbocycles. The zero-order chi connectivity index (χ0) is 31.2. The molecule has 3 aliphatic rings. The van der Waals surface area contributed by atoms with Gasteiger partial charge in [-0.25, -0.2) is 0 Å². The zero-order valence-corrected chi connectivity index (χ0v) is 24.9. The molecule has 2 heterocycles. The van der Waals surface area contributed by atoms with Gasteiger partial charge in [-0.05, 0) is 67.4 Å². The van der Waals surface area contributed by atoms with E-state index in [-0.39, 0.29) is 29.8 Å². The lowest BCUT2D eigenvalue weighted by Gasteiger charge is -2.45. The molecular weight excluding hydrogens is 523 g/mol. The summed E-state index contributed by atoms with van der Waals surface area (Å²) in [6, 6.07) is 8.94. The Labute approximate surface area is 245 Å². The normalized spacial score (nSPS) is 26.0. The predicted octanol–water partition coefficient (Wildman–Crippen LogP) is 9.34. The Hall–Kier alpha value is -3.51. The zero-order valence-electron chi connectivity index (χ0n) is 24.9. The van der Waals surface area contributed by atoms with Crippen molar-refractivity contribution in [1.29, 1.82) is 0 Å². The molecule has 1 aromatic carbocycles. The third-order valence-corrected chi connectivity index (χ3v) is 7.87. The molecule has 2 aromatic rings. The number of terminal acetylenes is 2. The van der Waals surface area contributed by atoms with Crippen LogP contribution >= 0.6 is 0 Å². The maximum Gasteiger partial charge on any atom is 0.416 e. The number of allylic oxidation sites excluding steroid dienone is 1. The van der Waals surface area contributed by atoms with Gasteiger partial charge in [-0.1, -0.05) is 71.2 Å². The lowest BCUT2D eigenvalue weighted by Crippen LogP contribution is -2.42. The maximum absolute atomic E-state index is 13.0. The summed E-state index contributed by atoms with van der Waals surface area (Å²) >= 11 is 0. The van der Waals surface area contributed by atoms with E-state index in [1.54, 1.807) is 18.3 Å². The van der Waals surface area contributed by atoms with E-state index in [0.29, 0.717) is 23.0 Å². The Bertz CT molecular complexity index is 1130. The molecule has 0 spiro atoms. The molecule has 6 atom stereocenters. The van der Waals surface area contributed by atoms with Gasteiger partial charge in [0.2, 0.25) is 0 Å². The van der Waals surface area contributed by atoms with Crippen molar-refractivity contribution in [3.63, 3.8) is 0 Å². The number of nitrogens with zero attached hydrogens (tertiary/aromatic N) is 1. The highest BCUT2D eigenvalue weighted by Gasteiger charge is 2.53. The number of pyridine rings is 1. The van der Waals surface area contributed by atoms with E-state index in [1.165, 1.54) is 31.7 Å². The molecule has 2 saturated carbocycles. The van der Waals surface area contributed by atoms with E-state index < -0.39 is 11.7 Å². The lowest BCUT2D eigenvalue weighted by molar-refractivity contribution is -0.144. The van der Waals surface area contributed by atoms with Crippen molar-refractivity contribution in [2.45, 2.75) is 79.0 Å². The van der Waals surface area contributed by atoms with Gasteiger partial charge in [-0.2, -0.15) is 13.2 Å². The number of carbonyl (C=O) groups excluding carboxylic acids is 1. The molecule has 1 aliphatic heterocycles. The highest BCUT2D eigenvalue weighted by atomic mass is 19.4. The monoisotopic (exact) mass is 567 g/mol. The quantitative estimate of drug-likeness (QED) is 0.274. The number of benzene rings is 1. The van der Waals surface area contributed by atoms with Crippen LogP contribution in [0.3, 0.4) is 0 Å². The number of cyclic esters (lactones) is 1. The van der Waals surface area contributed by atoms with Gasteiger partial charge in [-0.15, -0.1) is 25.7 Å². The fourth-order valence-corrected chi connectivity index (χ4v) is 6.35. The van der Waals surface area contributed by atoms with Crippen LogP contribution in [-0.2, 0) is 15.7 Å². The first-order chi connectivity index (χ1) is 19.8. The number of rotatable bonds is 3. The van der Waals surface area contributed by atoms with Gasteiger partial charge >= 0.3 is 12.1 Å². The van der Waals surface area contributed by atoms with Crippen LogP contribution in [0.1, 0.15) is 78.0 Å². The molecule has 0 radical (unpaired) electrons. The molecule has 5 rings (SSSR count). The SMILES string of the molecule is C#C.C#C.CC.CC.C[C@H]1OC(=O)[C@@H]2C[C@@H]3CCCCC3[C@H](/C=C/c3ccc(-c4cccc(C(F)(F)F)c4)cn3)[C@H]12. The predicted molar refractivity (Wildman–Crippen MR) is 162 cm³/mol. The second-order valence-corrected chi connectivity index (χ2v) is 9.76. The lowest BCUT2D eigenvalue weighted by atomic mass is 9.57. The van der Waals surface area contributed by atoms with Crippen LogP contribution in [0.15, 0.2) is 48.7 Å². The summed E-state index contributed by atoms with van der Waals surface area (Å²) in [5.74, 6) is 1.57. The minimum absolute atomic E-state index is 0.00903. The third kappa shape index (κ3) is 8.74. The van der Waals surface area contributed by atoms with Gasteiger partial charge in [0.25, 0.3) is 0 Å². The van der Waals surface area contributed by atoms with Crippen molar-refractivity contribution in [2.75, 3.05) is 0 Å². The number of alkyl halides is 3. The summed E-state index contributed by atoms with van der Waals surface area (Å²) < 4.78 is 44.7. The van der Waals surface area contributed by atoms with E-state index in [2.05, 4.69) is 36.8 Å². The Morgan fingerprint density at radius 3 is 2.22 bits per heavy atom. The van der Waals surface area contributed by atoms with E-state index in [1.807, 2.05) is 46.8 Å². The molecule has 1 unspecified atom stereocenters. The summed E-state index contributed by atoms with van der Waals surface area (Å²) in [4.78, 5) is 16.9. The fourth-order valence-electron chi connectivity index (χ4n) is 6.35. The van der Waals surface area contributed by atoms with Crippen LogP contribution < -0.4 is 0 Å². The van der Waals surface area contributed by atoms with Crippen molar-refractivity contribution in [3.8, 4) is 36.8 Å². The number of ether oxygens (including phenoxy) is 1. The van der Waals surface area contributed by atoms with Gasteiger partial charge in [0.15, 0.2) is 0 Å². The molecule has 1 saturated heterocycles. The molecule has 3 fully saturated rings. The van der Waals surface area contributed by atoms with Gasteiger partial charge in [0, 0.05) is 17.7 Å². The first-order valence-corrected chi connectivity index (χ1v) is 14.5. The second kappa shape index (κ2) is 17.3. The molecule has 222 valence electrons. The van der Waals surface area contributed by atoms with Crippen LogP contribution in [-0.4, -0.2) is 17.1 Å². The summed E-state index contributed by atoms with van der Waals surface area (Å²) in [5, 5.41) is 0. The number of esters is 1. The van der Waals surface area contributed by atoms with E-state index in [9.17, 15) is 18.0 Å². The average Bonchev–Trinajstić information content (AvgIpc) is 3.31. The van der Waals surface area contributed by atoms with Crippen LogP contribution in [0.5, 0.6) is 0 Å². The van der Waals surface area contributed by atoms with E-state index >= 15 is 0 Å². The average molecular weight is 568 g/mol. The van der Waals surface area contributed by atoms with Crippen LogP contribution in [0, 0.1) is 55.3 Å². The fraction of sp³-hybridized carbons (Fsp3) is 0.486. The summed E-state index contributed by atoms with van der Waals surface area (Å²) in [6.07, 6.45) is 23.2. The number of hydrogen-bond acceptors (Lipinski definition) is 3. The Morgan fingerprint density at radius 1 is 0.951 bits per heavy atom. The Morgan fingerprint density at radius 2 is 1.61 bits per heavy atom. The molecule has 0 bridgehead atoms. The number of halogens is 3. The summed E-state index contributed by atoms with van der Waals surface area (Å²) in [7, 11) is 0. The summed E-state index contributed by atoms with van der Waals surface area (Å²) in [6.45, 7) is 10.0. The third-order valence-electron chi connectivity index (χ3n) is 7.87. The largest absolute Gasteiger partial charge is 0.462 e. The topological polar surface area (TPSA) is 39.2 Å². The first kappa shape index (κ1) is 35.5. The van der Waals surface area contributed by atoms with Crippen LogP contribution in [0.4, 0.5) is 13.2 Å². The Balaban J connectivity index is 0.000000969. The van der Waals surface area contributed by atoms with Crippen molar-refractivity contribution in [1.82, 2.24) is 4.98 Å². The number of aromatic nitrogens is 1. The van der Waals surface area contributed by atoms with Crippen molar-refractivity contribution >= 4 is 12.0 Å². The second-order valence-electron chi connectivity index (χ2n) is 9.76. The van der Waals surface area contributed by atoms with Crippen molar-refractivity contribution in [3.05, 3.63) is 59.9 Å². The molecule has 41 heavy (non-hydrogen) atoms. The van der Waals surface area contributed by atoms with Gasteiger partial charge in [0.1, 0.15) is 6.10 Å². The molecule has 3 nitrogen and oxygen atoms in total. The number of carbonyl (C=O) groups is 1.